The van der Waals surface area contributed by atoms with Gasteiger partial charge < -0.3 is 48.9 Å². The fourth-order valence-corrected chi connectivity index (χ4v) is 6.97. The van der Waals surface area contributed by atoms with Gasteiger partial charge in [0.05, 0.1) is 24.3 Å². The van der Waals surface area contributed by atoms with Crippen LogP contribution in [-0.4, -0.2) is 88.9 Å². The Hall–Kier alpha value is -6.32. The number of hydrogen-bond donors (Lipinski definition) is 3. The molecule has 2 aliphatic carbocycles. The zero-order chi connectivity index (χ0) is 46.4. The summed E-state index contributed by atoms with van der Waals surface area (Å²) in [5, 5.41) is 14.4. The summed E-state index contributed by atoms with van der Waals surface area (Å²) in [5.41, 5.74) is -2.35. The summed E-state index contributed by atoms with van der Waals surface area (Å²) in [5.74, 6) is -1.43. The van der Waals surface area contributed by atoms with Gasteiger partial charge in [-0.2, -0.15) is 0 Å². The van der Waals surface area contributed by atoms with E-state index in [9.17, 15) is 28.8 Å². The molecule has 16 nitrogen and oxygen atoms in total. The molecule has 4 atom stereocenters. The molecule has 5 rings (SSSR count). The minimum absolute atomic E-state index is 0.159. The van der Waals surface area contributed by atoms with Crippen molar-refractivity contribution in [2.45, 2.75) is 135 Å². The van der Waals surface area contributed by atoms with Crippen LogP contribution in [-0.2, 0) is 39.9 Å². The summed E-state index contributed by atoms with van der Waals surface area (Å²) in [6, 6.07) is 22.1. The average molecular weight is 877 g/mol. The highest BCUT2D eigenvalue weighted by atomic mass is 16.6. The second-order valence-corrected chi connectivity index (χ2v) is 17.2. The topological polar surface area (TPSA) is 211 Å². The smallest absolute Gasteiger partial charge is 0.408 e. The van der Waals surface area contributed by atoms with Gasteiger partial charge in [0, 0.05) is 12.8 Å². The molecule has 3 aromatic rings. The third-order valence-electron chi connectivity index (χ3n) is 9.76. The fraction of sp³-hybridized carbons (Fsp3) is 0.489. The largest absolute Gasteiger partial charge is 0.490 e. The third-order valence-corrected chi connectivity index (χ3v) is 9.76. The van der Waals surface area contributed by atoms with E-state index >= 15 is 0 Å². The molecule has 2 fully saturated rings. The Bertz CT molecular complexity index is 2030. The van der Waals surface area contributed by atoms with Crippen molar-refractivity contribution in [1.82, 2.24) is 10.6 Å². The Kier molecular flexibility index (Phi) is 17.0. The molecule has 3 N–H and O–H groups in total. The molecule has 0 radical (unpaired) electrons. The second kappa shape index (κ2) is 21.7. The first-order valence-corrected chi connectivity index (χ1v) is 21.0. The standard InChI is InChI=1S/C27H33NO7.C20H27NO7/c1-5-32-24(30)27(28-25(31)35-26(2,3)4)16-15-22(17-27)34-21-13-11-20(12-14-21)23(29)33-18-19-9-7-6-8-10-19;1-5-26-17(24)20(21-18(25)28-19(2,3)4)11-10-15(12-20)27-14-8-6-13(7-9-14)16(22)23/h6-14,22H,5,15-18H2,1-4H3,(H,28,31);6-9,15H,5,10-12H2,1-4H3,(H,21,25)(H,22,23). The van der Waals surface area contributed by atoms with Crippen LogP contribution in [0.3, 0.4) is 0 Å². The summed E-state index contributed by atoms with van der Waals surface area (Å²) in [7, 11) is 0. The van der Waals surface area contributed by atoms with Crippen LogP contribution in [0.15, 0.2) is 78.9 Å². The maximum Gasteiger partial charge on any atom is 0.408 e. The first kappa shape index (κ1) is 49.3. The Morgan fingerprint density at radius 3 is 1.40 bits per heavy atom. The lowest BCUT2D eigenvalue weighted by Gasteiger charge is -2.30. The molecule has 0 spiro atoms. The molecule has 0 aromatic heterocycles. The number of ether oxygens (including phenoxy) is 7. The van der Waals surface area contributed by atoms with Gasteiger partial charge in [0.1, 0.15) is 52.6 Å². The van der Waals surface area contributed by atoms with E-state index in [1.54, 1.807) is 91.8 Å². The van der Waals surface area contributed by atoms with Gasteiger partial charge in [0.15, 0.2) is 0 Å². The number of alkyl carbamates (subject to hydrolysis) is 2. The number of hydrogen-bond acceptors (Lipinski definition) is 13. The summed E-state index contributed by atoms with van der Waals surface area (Å²) >= 11 is 0. The Morgan fingerprint density at radius 2 is 1.02 bits per heavy atom. The normalized spacial score (nSPS) is 20.4. The molecule has 2 saturated carbocycles. The number of rotatable bonds is 14. The van der Waals surface area contributed by atoms with Crippen molar-refractivity contribution in [2.75, 3.05) is 13.2 Å². The predicted octanol–water partition coefficient (Wildman–Crippen LogP) is 7.94. The molecule has 2 amide bonds. The van der Waals surface area contributed by atoms with Crippen LogP contribution in [0.1, 0.15) is 120 Å². The van der Waals surface area contributed by atoms with E-state index in [-0.39, 0.29) is 50.4 Å². The number of nitrogens with one attached hydrogen (secondary N) is 2. The van der Waals surface area contributed by atoms with Crippen molar-refractivity contribution in [1.29, 1.82) is 0 Å². The number of carbonyl (C=O) groups excluding carboxylic acids is 5. The number of carbonyl (C=O) groups is 6. The van der Waals surface area contributed by atoms with Gasteiger partial charge in [0.2, 0.25) is 0 Å². The van der Waals surface area contributed by atoms with Crippen LogP contribution in [0.4, 0.5) is 9.59 Å². The molecule has 2 aliphatic rings. The first-order chi connectivity index (χ1) is 29.6. The summed E-state index contributed by atoms with van der Waals surface area (Å²) < 4.78 is 38.3. The van der Waals surface area contributed by atoms with Crippen LogP contribution < -0.4 is 20.1 Å². The monoisotopic (exact) mass is 876 g/mol. The van der Waals surface area contributed by atoms with Crippen LogP contribution in [0.25, 0.3) is 0 Å². The lowest BCUT2D eigenvalue weighted by Crippen LogP contribution is -2.55. The lowest BCUT2D eigenvalue weighted by molar-refractivity contribution is -0.152. The Morgan fingerprint density at radius 1 is 0.603 bits per heavy atom. The minimum atomic E-state index is -1.22. The zero-order valence-electron chi connectivity index (χ0n) is 37.3. The molecule has 0 heterocycles. The number of aromatic carboxylic acids is 1. The molecule has 342 valence electrons. The lowest BCUT2D eigenvalue weighted by atomic mass is 9.98. The maximum atomic E-state index is 12.8. The quantitative estimate of drug-likeness (QED) is 0.104. The number of carboxylic acids is 1. The van der Waals surface area contributed by atoms with Crippen LogP contribution >= 0.6 is 0 Å². The molecular weight excluding hydrogens is 817 g/mol. The van der Waals surface area contributed by atoms with Crippen LogP contribution in [0.2, 0.25) is 0 Å². The van der Waals surface area contributed by atoms with Crippen molar-refractivity contribution < 1.29 is 67.0 Å². The second-order valence-electron chi connectivity index (χ2n) is 17.2. The van der Waals surface area contributed by atoms with Gasteiger partial charge in [0.25, 0.3) is 0 Å². The van der Waals surface area contributed by atoms with Gasteiger partial charge in [-0.15, -0.1) is 0 Å². The van der Waals surface area contributed by atoms with Gasteiger partial charge in [-0.1, -0.05) is 30.3 Å². The van der Waals surface area contributed by atoms with Crippen molar-refractivity contribution in [2.24, 2.45) is 0 Å². The number of benzene rings is 3. The molecule has 0 bridgehead atoms. The van der Waals surface area contributed by atoms with E-state index in [1.807, 2.05) is 30.3 Å². The van der Waals surface area contributed by atoms with Crippen molar-refractivity contribution in [3.8, 4) is 11.5 Å². The molecule has 0 aliphatic heterocycles. The Balaban J connectivity index is 0.000000284. The third kappa shape index (κ3) is 15.2. The van der Waals surface area contributed by atoms with Crippen molar-refractivity contribution >= 4 is 36.1 Å². The minimum Gasteiger partial charge on any atom is -0.490 e. The maximum absolute atomic E-state index is 12.8. The zero-order valence-corrected chi connectivity index (χ0v) is 37.3. The molecule has 63 heavy (non-hydrogen) atoms. The van der Waals surface area contributed by atoms with Gasteiger partial charge in [-0.25, -0.2) is 28.8 Å². The fourth-order valence-electron chi connectivity index (χ4n) is 6.97. The van der Waals surface area contributed by atoms with Gasteiger partial charge >= 0.3 is 36.1 Å². The molecule has 0 saturated heterocycles. The van der Waals surface area contributed by atoms with E-state index in [1.165, 1.54) is 12.1 Å². The summed E-state index contributed by atoms with van der Waals surface area (Å²) in [6.07, 6.45) is 0.210. The van der Waals surface area contributed by atoms with Crippen LogP contribution in [0.5, 0.6) is 11.5 Å². The highest BCUT2D eigenvalue weighted by Gasteiger charge is 2.50. The highest BCUT2D eigenvalue weighted by molar-refractivity contribution is 5.90. The van der Waals surface area contributed by atoms with Gasteiger partial charge in [-0.05, 0) is 135 Å². The first-order valence-electron chi connectivity index (χ1n) is 21.0. The summed E-state index contributed by atoms with van der Waals surface area (Å²) in [6.45, 7) is 14.5. The van der Waals surface area contributed by atoms with Crippen molar-refractivity contribution in [3.63, 3.8) is 0 Å². The average Bonchev–Trinajstić information content (AvgIpc) is 3.81. The Labute approximate surface area is 368 Å². The van der Waals surface area contributed by atoms with Crippen molar-refractivity contribution in [3.05, 3.63) is 95.6 Å². The van der Waals surface area contributed by atoms with E-state index < -0.39 is 58.3 Å². The molecule has 3 aromatic carbocycles. The SMILES string of the molecule is CCOC(=O)C1(NC(=O)OC(C)(C)C)CCC(Oc2ccc(C(=O)O)cc2)C1.CCOC(=O)C1(NC(=O)OC(C)(C)C)CCC(Oc2ccc(C(=O)OCc3ccccc3)cc2)C1. The molecule has 4 unspecified atom stereocenters. The van der Waals surface area contributed by atoms with E-state index in [0.717, 1.165) is 5.56 Å². The van der Waals surface area contributed by atoms with E-state index in [0.29, 0.717) is 42.7 Å². The predicted molar refractivity (Wildman–Crippen MR) is 229 cm³/mol. The molecular formula is C47H60N2O14. The number of amides is 2. The highest BCUT2D eigenvalue weighted by Crippen LogP contribution is 2.36. The number of carboxylic acid groups (broad SMARTS) is 1. The molecule has 16 heteroatoms. The summed E-state index contributed by atoms with van der Waals surface area (Å²) in [4.78, 5) is 73.3. The van der Waals surface area contributed by atoms with E-state index in [2.05, 4.69) is 10.6 Å². The number of esters is 3. The van der Waals surface area contributed by atoms with Gasteiger partial charge in [-0.3, -0.25) is 0 Å². The van der Waals surface area contributed by atoms with Crippen LogP contribution in [0, 0.1) is 0 Å². The van der Waals surface area contributed by atoms with E-state index in [4.69, 9.17) is 38.3 Å².